The fourth-order valence-electron chi connectivity index (χ4n) is 2.90. The largest absolute Gasteiger partial charge is 0.496 e. The molecule has 0 aliphatic carbocycles. The van der Waals surface area contributed by atoms with Crippen molar-refractivity contribution in [2.75, 3.05) is 7.11 Å². The number of pyridine rings is 1. The number of halogens is 1. The molecule has 168 valence electrons. The molecule has 0 aliphatic heterocycles. The maximum Gasteiger partial charge on any atom is 0.368 e. The van der Waals surface area contributed by atoms with E-state index in [0.717, 1.165) is 10.2 Å². The summed E-state index contributed by atoms with van der Waals surface area (Å²) in [6.45, 7) is 5.73. The number of rotatable bonds is 7. The third kappa shape index (κ3) is 5.20. The minimum Gasteiger partial charge on any atom is -0.496 e. The average Bonchev–Trinajstić information content (AvgIpc) is 3.11. The zero-order valence-corrected chi connectivity index (χ0v) is 19.3. The van der Waals surface area contributed by atoms with Gasteiger partial charge < -0.3 is 9.47 Å². The Balaban J connectivity index is 1.87. The average molecular weight is 458 g/mol. The summed E-state index contributed by atoms with van der Waals surface area (Å²) >= 11 is 6.03. The van der Waals surface area contributed by atoms with Crippen LogP contribution in [0.3, 0.4) is 0 Å². The zero-order chi connectivity index (χ0) is 23.3. The summed E-state index contributed by atoms with van der Waals surface area (Å²) in [6, 6.07) is 8.94. The minimum atomic E-state index is -0.381. The van der Waals surface area contributed by atoms with Gasteiger partial charge in [-0.05, 0) is 54.1 Å². The van der Waals surface area contributed by atoms with Crippen molar-refractivity contribution in [3.05, 3.63) is 62.8 Å². The van der Waals surface area contributed by atoms with Gasteiger partial charge in [0.05, 0.1) is 29.8 Å². The molecule has 0 spiro atoms. The molecule has 0 radical (unpaired) electrons. The Bertz CT molecular complexity index is 1210. The van der Waals surface area contributed by atoms with E-state index >= 15 is 0 Å². The Morgan fingerprint density at radius 1 is 1.22 bits per heavy atom. The van der Waals surface area contributed by atoms with Gasteiger partial charge in [0.2, 0.25) is 5.90 Å². The Labute approximate surface area is 190 Å². The van der Waals surface area contributed by atoms with E-state index in [4.69, 9.17) is 21.1 Å². The van der Waals surface area contributed by atoms with Gasteiger partial charge in [-0.1, -0.05) is 24.6 Å². The molecule has 2 heterocycles. The molecule has 0 unspecified atom stereocenters. The zero-order valence-electron chi connectivity index (χ0n) is 18.5. The second-order valence-corrected chi connectivity index (χ2v) is 7.32. The summed E-state index contributed by atoms with van der Waals surface area (Å²) in [5, 5.41) is 16.6. The standard InChI is InChI=1S/C21H24ClN7O3/c1-6-20(25-24-14(3)16-10-13(2)11-19(22)23-16)32-12-15-17(8-7-9-18(15)31-5)29-21(30)28(4)26-27-29/h7-11H,6,12H2,1-5H3/b24-14+,25-20+. The van der Waals surface area contributed by atoms with Crippen LogP contribution >= 0.6 is 11.6 Å². The SMILES string of the molecule is CC/C(=N\N=C(/C)c1cc(C)cc(Cl)n1)OCc1c(OC)cccc1-n1nnn(C)c1=O. The number of nitrogens with zero attached hydrogens (tertiary/aromatic N) is 7. The van der Waals surface area contributed by atoms with Crippen molar-refractivity contribution < 1.29 is 9.47 Å². The number of benzene rings is 1. The van der Waals surface area contributed by atoms with Crippen LogP contribution in [0.5, 0.6) is 5.75 Å². The molecule has 0 bridgehead atoms. The highest BCUT2D eigenvalue weighted by atomic mass is 35.5. The first-order valence-electron chi connectivity index (χ1n) is 9.87. The van der Waals surface area contributed by atoms with Gasteiger partial charge in [-0.15, -0.1) is 5.10 Å². The van der Waals surface area contributed by atoms with E-state index in [9.17, 15) is 4.79 Å². The van der Waals surface area contributed by atoms with Crippen molar-refractivity contribution in [1.29, 1.82) is 0 Å². The molecule has 0 saturated carbocycles. The summed E-state index contributed by atoms with van der Waals surface area (Å²) in [7, 11) is 3.07. The molecule has 3 aromatic rings. The topological polar surface area (TPSA) is 109 Å². The van der Waals surface area contributed by atoms with Gasteiger partial charge in [0.15, 0.2) is 0 Å². The molecule has 0 fully saturated rings. The molecule has 0 atom stereocenters. The van der Waals surface area contributed by atoms with Crippen LogP contribution in [0.25, 0.3) is 5.69 Å². The normalized spacial score (nSPS) is 12.2. The fourth-order valence-corrected chi connectivity index (χ4v) is 3.17. The minimum absolute atomic E-state index is 0.0954. The molecule has 10 nitrogen and oxygen atoms in total. The maximum absolute atomic E-state index is 12.3. The van der Waals surface area contributed by atoms with E-state index in [2.05, 4.69) is 25.6 Å². The van der Waals surface area contributed by atoms with Crippen molar-refractivity contribution in [2.24, 2.45) is 17.3 Å². The summed E-state index contributed by atoms with van der Waals surface area (Å²) < 4.78 is 13.7. The Morgan fingerprint density at radius 2 is 2.00 bits per heavy atom. The lowest BCUT2D eigenvalue weighted by atomic mass is 10.1. The molecule has 0 N–H and O–H groups in total. The highest BCUT2D eigenvalue weighted by molar-refractivity contribution is 6.29. The third-order valence-corrected chi connectivity index (χ3v) is 4.78. The Kier molecular flexibility index (Phi) is 7.37. The van der Waals surface area contributed by atoms with E-state index < -0.39 is 0 Å². The van der Waals surface area contributed by atoms with E-state index in [-0.39, 0.29) is 12.3 Å². The van der Waals surface area contributed by atoms with E-state index in [1.54, 1.807) is 38.3 Å². The maximum atomic E-state index is 12.3. The monoisotopic (exact) mass is 457 g/mol. The van der Waals surface area contributed by atoms with Crippen LogP contribution in [0.2, 0.25) is 5.15 Å². The number of aryl methyl sites for hydroxylation is 2. The van der Waals surface area contributed by atoms with Crippen molar-refractivity contribution >= 4 is 23.2 Å². The molecule has 0 amide bonds. The quantitative estimate of drug-likeness (QED) is 0.233. The van der Waals surface area contributed by atoms with Crippen LogP contribution in [0.15, 0.2) is 45.3 Å². The van der Waals surface area contributed by atoms with E-state index in [0.29, 0.717) is 45.9 Å². The molecule has 0 aliphatic rings. The first kappa shape index (κ1) is 23.1. The van der Waals surface area contributed by atoms with Gasteiger partial charge in [0.25, 0.3) is 0 Å². The number of aromatic nitrogens is 5. The second-order valence-electron chi connectivity index (χ2n) is 6.93. The lowest BCUT2D eigenvalue weighted by Gasteiger charge is -2.14. The lowest BCUT2D eigenvalue weighted by molar-refractivity contribution is 0.275. The Hall–Kier alpha value is -3.53. The Morgan fingerprint density at radius 3 is 2.62 bits per heavy atom. The van der Waals surface area contributed by atoms with Crippen LogP contribution in [0, 0.1) is 6.92 Å². The van der Waals surface area contributed by atoms with Gasteiger partial charge in [-0.3, -0.25) is 0 Å². The number of methoxy groups -OCH3 is 1. The predicted octanol–water partition coefficient (Wildman–Crippen LogP) is 3.08. The number of hydrogen-bond donors (Lipinski definition) is 0. The van der Waals surface area contributed by atoms with Crippen molar-refractivity contribution in [3.63, 3.8) is 0 Å². The summed E-state index contributed by atoms with van der Waals surface area (Å²) in [6.07, 6.45) is 0.508. The molecule has 2 aromatic heterocycles. The van der Waals surface area contributed by atoms with Gasteiger partial charge in [0, 0.05) is 13.5 Å². The first-order chi connectivity index (χ1) is 15.3. The summed E-state index contributed by atoms with van der Waals surface area (Å²) in [5.41, 5.74) is 2.99. The fraction of sp³-hybridized carbons (Fsp3) is 0.333. The summed E-state index contributed by atoms with van der Waals surface area (Å²) in [5.74, 6) is 0.959. The molecular formula is C21H24ClN7O3. The third-order valence-electron chi connectivity index (χ3n) is 4.58. The smallest absolute Gasteiger partial charge is 0.368 e. The van der Waals surface area contributed by atoms with Crippen molar-refractivity contribution in [3.8, 4) is 11.4 Å². The first-order valence-corrected chi connectivity index (χ1v) is 10.3. The molecular weight excluding hydrogens is 434 g/mol. The van der Waals surface area contributed by atoms with Gasteiger partial charge in [-0.2, -0.15) is 14.5 Å². The number of hydrogen-bond acceptors (Lipinski definition) is 8. The van der Waals surface area contributed by atoms with Crippen LogP contribution in [-0.4, -0.2) is 43.5 Å². The van der Waals surface area contributed by atoms with Crippen LogP contribution in [-0.2, 0) is 18.4 Å². The van der Waals surface area contributed by atoms with Crippen molar-refractivity contribution in [2.45, 2.75) is 33.8 Å². The second kappa shape index (κ2) is 10.2. The van der Waals surface area contributed by atoms with Crippen molar-refractivity contribution in [1.82, 2.24) is 24.8 Å². The highest BCUT2D eigenvalue weighted by Gasteiger charge is 2.16. The van der Waals surface area contributed by atoms with Gasteiger partial charge >= 0.3 is 5.69 Å². The van der Waals surface area contributed by atoms with Crippen LogP contribution < -0.4 is 10.4 Å². The number of tetrazole rings is 1. The summed E-state index contributed by atoms with van der Waals surface area (Å²) in [4.78, 5) is 16.6. The number of ether oxygens (including phenoxy) is 2. The lowest BCUT2D eigenvalue weighted by Crippen LogP contribution is -2.23. The van der Waals surface area contributed by atoms with Gasteiger partial charge in [-0.25, -0.2) is 9.78 Å². The molecule has 3 rings (SSSR count). The van der Waals surface area contributed by atoms with Gasteiger partial charge in [0.1, 0.15) is 17.5 Å². The van der Waals surface area contributed by atoms with E-state index in [1.165, 1.54) is 11.7 Å². The highest BCUT2D eigenvalue weighted by Crippen LogP contribution is 2.25. The molecule has 0 saturated heterocycles. The molecule has 32 heavy (non-hydrogen) atoms. The molecule has 1 aromatic carbocycles. The van der Waals surface area contributed by atoms with Crippen LogP contribution in [0.4, 0.5) is 0 Å². The van der Waals surface area contributed by atoms with Crippen LogP contribution in [0.1, 0.15) is 37.1 Å². The predicted molar refractivity (Wildman–Crippen MR) is 122 cm³/mol. The van der Waals surface area contributed by atoms with E-state index in [1.807, 2.05) is 19.9 Å². The molecule has 11 heteroatoms.